The highest BCUT2D eigenvalue weighted by Crippen LogP contribution is 2.33. The molecule has 2 aromatic rings. The molecule has 1 aromatic carbocycles. The summed E-state index contributed by atoms with van der Waals surface area (Å²) in [7, 11) is 1.60. The van der Waals surface area contributed by atoms with Crippen LogP contribution in [-0.4, -0.2) is 39.9 Å². The molecule has 1 aliphatic heterocycles. The Bertz CT molecular complexity index is 774. The molecule has 0 aliphatic carbocycles. The fourth-order valence-electron chi connectivity index (χ4n) is 3.61. The van der Waals surface area contributed by atoms with Crippen LogP contribution in [0, 0.1) is 10.1 Å². The van der Waals surface area contributed by atoms with Gasteiger partial charge in [-0.1, -0.05) is 0 Å². The molecule has 0 bridgehead atoms. The third-order valence-electron chi connectivity index (χ3n) is 4.86. The molecule has 2 heterocycles. The van der Waals surface area contributed by atoms with Crippen LogP contribution in [0.1, 0.15) is 50.0 Å². The Morgan fingerprint density at radius 3 is 2.92 bits per heavy atom. The van der Waals surface area contributed by atoms with E-state index in [1.807, 2.05) is 6.07 Å². The van der Waals surface area contributed by atoms with Crippen molar-refractivity contribution in [1.82, 2.24) is 14.8 Å². The van der Waals surface area contributed by atoms with Gasteiger partial charge in [0.1, 0.15) is 12.2 Å². The number of ether oxygens (including phenoxy) is 1. The summed E-state index contributed by atoms with van der Waals surface area (Å²) in [5.41, 5.74) is 1.93. The second kappa shape index (κ2) is 7.82. The van der Waals surface area contributed by atoms with Crippen LogP contribution in [0.3, 0.4) is 0 Å². The van der Waals surface area contributed by atoms with E-state index in [0.717, 1.165) is 43.0 Å². The SMILES string of the molecule is COCc1cc([N+](=O)[O-])ccc1N1CCCC(c2nncn2C(C)C)C1. The standard InChI is InChI=1S/C18H25N5O3/c1-13(2)22-12-19-20-18(22)14-5-4-8-21(10-14)17-7-6-16(23(24)25)9-15(17)11-26-3/h6-7,9,12-14H,4-5,8,10-11H2,1-3H3. The van der Waals surface area contributed by atoms with Crippen LogP contribution >= 0.6 is 0 Å². The van der Waals surface area contributed by atoms with Gasteiger partial charge in [-0.25, -0.2) is 0 Å². The van der Waals surface area contributed by atoms with E-state index in [1.165, 1.54) is 0 Å². The average Bonchev–Trinajstić information content (AvgIpc) is 3.12. The second-order valence-electron chi connectivity index (χ2n) is 6.98. The third kappa shape index (κ3) is 3.70. The first-order valence-corrected chi connectivity index (χ1v) is 8.92. The highest BCUT2D eigenvalue weighted by atomic mass is 16.6. The van der Waals surface area contributed by atoms with Crippen molar-refractivity contribution in [3.63, 3.8) is 0 Å². The van der Waals surface area contributed by atoms with E-state index in [9.17, 15) is 10.1 Å². The molecule has 1 saturated heterocycles. The summed E-state index contributed by atoms with van der Waals surface area (Å²) in [6.45, 7) is 6.34. The van der Waals surface area contributed by atoms with Crippen LogP contribution in [0.5, 0.6) is 0 Å². The summed E-state index contributed by atoms with van der Waals surface area (Å²) < 4.78 is 7.39. The molecule has 3 rings (SSSR count). The molecule has 8 nitrogen and oxygen atoms in total. The van der Waals surface area contributed by atoms with Crippen molar-refractivity contribution >= 4 is 11.4 Å². The Labute approximate surface area is 152 Å². The number of hydrogen-bond donors (Lipinski definition) is 0. The predicted molar refractivity (Wildman–Crippen MR) is 98.4 cm³/mol. The van der Waals surface area contributed by atoms with Gasteiger partial charge in [-0.15, -0.1) is 10.2 Å². The smallest absolute Gasteiger partial charge is 0.269 e. The van der Waals surface area contributed by atoms with Gasteiger partial charge < -0.3 is 14.2 Å². The number of non-ortho nitro benzene ring substituents is 1. The number of nitrogens with zero attached hydrogens (tertiary/aromatic N) is 5. The number of piperidine rings is 1. The van der Waals surface area contributed by atoms with Gasteiger partial charge in [0, 0.05) is 55.5 Å². The number of aromatic nitrogens is 3. The predicted octanol–water partition coefficient (Wildman–Crippen LogP) is 3.30. The van der Waals surface area contributed by atoms with Crippen molar-refractivity contribution in [2.24, 2.45) is 0 Å². The molecule has 0 radical (unpaired) electrons. The zero-order valence-corrected chi connectivity index (χ0v) is 15.5. The summed E-state index contributed by atoms with van der Waals surface area (Å²) in [6.07, 6.45) is 3.90. The minimum Gasteiger partial charge on any atom is -0.380 e. The minimum atomic E-state index is -0.368. The number of nitro groups is 1. The summed E-state index contributed by atoms with van der Waals surface area (Å²) in [4.78, 5) is 13.0. The van der Waals surface area contributed by atoms with Gasteiger partial charge in [0.25, 0.3) is 5.69 Å². The van der Waals surface area contributed by atoms with E-state index in [1.54, 1.807) is 25.6 Å². The summed E-state index contributed by atoms with van der Waals surface area (Å²) >= 11 is 0. The van der Waals surface area contributed by atoms with Gasteiger partial charge in [0.15, 0.2) is 0 Å². The molecule has 0 N–H and O–H groups in total. The van der Waals surface area contributed by atoms with Crippen molar-refractivity contribution in [2.75, 3.05) is 25.1 Å². The number of benzene rings is 1. The lowest BCUT2D eigenvalue weighted by Gasteiger charge is -2.35. The first kappa shape index (κ1) is 18.3. The Morgan fingerprint density at radius 1 is 1.42 bits per heavy atom. The second-order valence-corrected chi connectivity index (χ2v) is 6.98. The summed E-state index contributed by atoms with van der Waals surface area (Å²) in [5, 5.41) is 19.5. The van der Waals surface area contributed by atoms with Crippen LogP contribution in [0.15, 0.2) is 24.5 Å². The van der Waals surface area contributed by atoms with Crippen LogP contribution in [-0.2, 0) is 11.3 Å². The first-order chi connectivity index (χ1) is 12.5. The van der Waals surface area contributed by atoms with Gasteiger partial charge in [-0.3, -0.25) is 10.1 Å². The fourth-order valence-corrected chi connectivity index (χ4v) is 3.61. The lowest BCUT2D eigenvalue weighted by Crippen LogP contribution is -2.36. The van der Waals surface area contributed by atoms with E-state index in [2.05, 4.69) is 33.5 Å². The van der Waals surface area contributed by atoms with Crippen molar-refractivity contribution in [3.05, 3.63) is 46.0 Å². The maximum absolute atomic E-state index is 11.1. The van der Waals surface area contributed by atoms with Crippen LogP contribution in [0.2, 0.25) is 0 Å². The molecule has 8 heteroatoms. The molecule has 1 aliphatic rings. The first-order valence-electron chi connectivity index (χ1n) is 8.92. The monoisotopic (exact) mass is 359 g/mol. The zero-order chi connectivity index (χ0) is 18.7. The Morgan fingerprint density at radius 2 is 2.23 bits per heavy atom. The largest absolute Gasteiger partial charge is 0.380 e. The number of anilines is 1. The summed E-state index contributed by atoms with van der Waals surface area (Å²) in [5.74, 6) is 1.30. The van der Waals surface area contributed by atoms with Crippen molar-refractivity contribution in [1.29, 1.82) is 0 Å². The van der Waals surface area contributed by atoms with Gasteiger partial charge in [0.05, 0.1) is 11.5 Å². The molecular weight excluding hydrogens is 334 g/mol. The van der Waals surface area contributed by atoms with Gasteiger partial charge in [-0.05, 0) is 32.8 Å². The quantitative estimate of drug-likeness (QED) is 0.581. The third-order valence-corrected chi connectivity index (χ3v) is 4.86. The Hall–Kier alpha value is -2.48. The van der Waals surface area contributed by atoms with Crippen molar-refractivity contribution in [2.45, 2.75) is 45.3 Å². The maximum Gasteiger partial charge on any atom is 0.269 e. The van der Waals surface area contributed by atoms with E-state index < -0.39 is 0 Å². The van der Waals surface area contributed by atoms with E-state index in [-0.39, 0.29) is 10.6 Å². The molecule has 0 saturated carbocycles. The van der Waals surface area contributed by atoms with E-state index >= 15 is 0 Å². The minimum absolute atomic E-state index is 0.0916. The highest BCUT2D eigenvalue weighted by molar-refractivity contribution is 5.58. The molecule has 26 heavy (non-hydrogen) atoms. The molecule has 1 aromatic heterocycles. The van der Waals surface area contributed by atoms with E-state index in [0.29, 0.717) is 18.6 Å². The molecule has 140 valence electrons. The average molecular weight is 359 g/mol. The topological polar surface area (TPSA) is 86.3 Å². The van der Waals surface area contributed by atoms with Gasteiger partial charge >= 0.3 is 0 Å². The van der Waals surface area contributed by atoms with Crippen LogP contribution < -0.4 is 4.90 Å². The van der Waals surface area contributed by atoms with Crippen LogP contribution in [0.25, 0.3) is 0 Å². The fraction of sp³-hybridized carbons (Fsp3) is 0.556. The normalized spacial score (nSPS) is 17.7. The summed E-state index contributed by atoms with van der Waals surface area (Å²) in [6, 6.07) is 5.33. The number of rotatable bonds is 6. The molecule has 0 amide bonds. The number of methoxy groups -OCH3 is 1. The zero-order valence-electron chi connectivity index (χ0n) is 15.5. The van der Waals surface area contributed by atoms with Crippen LogP contribution in [0.4, 0.5) is 11.4 Å². The molecule has 1 fully saturated rings. The molecular formula is C18H25N5O3. The highest BCUT2D eigenvalue weighted by Gasteiger charge is 2.27. The lowest BCUT2D eigenvalue weighted by molar-refractivity contribution is -0.384. The molecule has 1 unspecified atom stereocenters. The van der Waals surface area contributed by atoms with Gasteiger partial charge in [0.2, 0.25) is 0 Å². The van der Waals surface area contributed by atoms with Gasteiger partial charge in [-0.2, -0.15) is 0 Å². The maximum atomic E-state index is 11.1. The van der Waals surface area contributed by atoms with Crippen molar-refractivity contribution < 1.29 is 9.66 Å². The number of nitro benzene ring substituents is 1. The Kier molecular flexibility index (Phi) is 5.51. The van der Waals surface area contributed by atoms with Crippen molar-refractivity contribution in [3.8, 4) is 0 Å². The number of hydrogen-bond acceptors (Lipinski definition) is 6. The lowest BCUT2D eigenvalue weighted by atomic mass is 9.95. The molecule has 0 spiro atoms. The molecule has 1 atom stereocenters. The van der Waals surface area contributed by atoms with E-state index in [4.69, 9.17) is 4.74 Å². The Balaban J connectivity index is 1.87.